The summed E-state index contributed by atoms with van der Waals surface area (Å²) in [6, 6.07) is 6.82. The van der Waals surface area contributed by atoms with Gasteiger partial charge in [0.05, 0.1) is 6.04 Å². The fourth-order valence-electron chi connectivity index (χ4n) is 1.46. The summed E-state index contributed by atoms with van der Waals surface area (Å²) in [5.41, 5.74) is 1.93. The molecule has 1 aromatic rings. The van der Waals surface area contributed by atoms with Crippen LogP contribution < -0.4 is 5.32 Å². The van der Waals surface area contributed by atoms with Crippen molar-refractivity contribution < 1.29 is 8.78 Å². The highest BCUT2D eigenvalue weighted by molar-refractivity contribution is 5.51. The predicted octanol–water partition coefficient (Wildman–Crippen LogP) is 3.70. The molecule has 0 saturated carbocycles. The van der Waals surface area contributed by atoms with Crippen molar-refractivity contribution in [2.24, 2.45) is 0 Å². The Morgan fingerprint density at radius 3 is 2.53 bits per heavy atom. The Balaban J connectivity index is 2.74. The van der Waals surface area contributed by atoms with Gasteiger partial charge in [-0.2, -0.15) is 0 Å². The van der Waals surface area contributed by atoms with Crippen LogP contribution in [-0.4, -0.2) is 12.5 Å². The number of halogens is 2. The van der Waals surface area contributed by atoms with E-state index in [0.717, 1.165) is 24.1 Å². The summed E-state index contributed by atoms with van der Waals surface area (Å²) < 4.78 is 24.7. The third-order valence-electron chi connectivity index (χ3n) is 2.30. The van der Waals surface area contributed by atoms with Crippen LogP contribution in [-0.2, 0) is 6.42 Å². The van der Waals surface area contributed by atoms with Gasteiger partial charge in [0.2, 0.25) is 0 Å². The van der Waals surface area contributed by atoms with Crippen LogP contribution in [0.5, 0.6) is 0 Å². The Labute approximate surface area is 89.5 Å². The summed E-state index contributed by atoms with van der Waals surface area (Å²) in [7, 11) is 0. The average Bonchev–Trinajstić information content (AvgIpc) is 2.21. The zero-order chi connectivity index (χ0) is 11.3. The van der Waals surface area contributed by atoms with Gasteiger partial charge in [0.15, 0.2) is 0 Å². The number of benzene rings is 1. The summed E-state index contributed by atoms with van der Waals surface area (Å²) in [5, 5.41) is 2.84. The van der Waals surface area contributed by atoms with E-state index in [1.807, 2.05) is 24.3 Å². The molecule has 84 valence electrons. The Bertz CT molecular complexity index is 299. The molecule has 1 unspecified atom stereocenters. The minimum Gasteiger partial charge on any atom is -0.377 e. The number of aryl methyl sites for hydroxylation is 1. The van der Waals surface area contributed by atoms with Crippen LogP contribution in [0.4, 0.5) is 14.5 Å². The van der Waals surface area contributed by atoms with E-state index < -0.39 is 12.5 Å². The second-order valence-corrected chi connectivity index (χ2v) is 3.67. The molecule has 1 nitrogen and oxygen atoms in total. The van der Waals surface area contributed by atoms with Gasteiger partial charge in [-0.1, -0.05) is 31.5 Å². The fourth-order valence-corrected chi connectivity index (χ4v) is 1.46. The second-order valence-electron chi connectivity index (χ2n) is 3.67. The summed E-state index contributed by atoms with van der Waals surface area (Å²) >= 11 is 0. The van der Waals surface area contributed by atoms with Crippen LogP contribution in [0, 0.1) is 0 Å². The predicted molar refractivity (Wildman–Crippen MR) is 59.5 cm³/mol. The lowest BCUT2D eigenvalue weighted by molar-refractivity contribution is 0.130. The maximum Gasteiger partial charge on any atom is 0.258 e. The Kier molecular flexibility index (Phi) is 4.53. The monoisotopic (exact) mass is 213 g/mol. The molecule has 0 heterocycles. The number of alkyl halides is 2. The molecule has 0 fully saturated rings. The number of anilines is 1. The number of para-hydroxylation sites is 1. The first-order chi connectivity index (χ1) is 7.15. The molecule has 1 atom stereocenters. The maximum absolute atomic E-state index is 12.4. The van der Waals surface area contributed by atoms with Crippen molar-refractivity contribution in [3.63, 3.8) is 0 Å². The molecule has 0 aliphatic heterocycles. The molecule has 0 radical (unpaired) electrons. The first-order valence-electron chi connectivity index (χ1n) is 5.27. The van der Waals surface area contributed by atoms with Crippen LogP contribution >= 0.6 is 0 Å². The Morgan fingerprint density at radius 2 is 1.93 bits per heavy atom. The third kappa shape index (κ3) is 3.50. The van der Waals surface area contributed by atoms with E-state index in [9.17, 15) is 8.78 Å². The van der Waals surface area contributed by atoms with Gasteiger partial charge in [0.25, 0.3) is 6.43 Å². The number of rotatable bonds is 5. The average molecular weight is 213 g/mol. The summed E-state index contributed by atoms with van der Waals surface area (Å²) in [6.07, 6.45) is -0.402. The minimum atomic E-state index is -2.33. The van der Waals surface area contributed by atoms with Gasteiger partial charge in [-0.05, 0) is 25.0 Å². The molecule has 0 bridgehead atoms. The molecule has 1 aromatic carbocycles. The SMILES string of the molecule is CCCc1ccccc1NC(C)C(F)F. The van der Waals surface area contributed by atoms with Crippen molar-refractivity contribution in [1.82, 2.24) is 0 Å². The highest BCUT2D eigenvalue weighted by Gasteiger charge is 2.14. The van der Waals surface area contributed by atoms with E-state index in [1.165, 1.54) is 6.92 Å². The molecule has 1 N–H and O–H groups in total. The zero-order valence-electron chi connectivity index (χ0n) is 9.13. The lowest BCUT2D eigenvalue weighted by Crippen LogP contribution is -2.24. The second kappa shape index (κ2) is 5.69. The van der Waals surface area contributed by atoms with Crippen LogP contribution in [0.2, 0.25) is 0 Å². The molecular weight excluding hydrogens is 196 g/mol. The van der Waals surface area contributed by atoms with Crippen molar-refractivity contribution in [3.8, 4) is 0 Å². The standard InChI is InChI=1S/C12H17F2N/c1-3-6-10-7-4-5-8-11(10)15-9(2)12(13)14/h4-5,7-9,12,15H,3,6H2,1-2H3. The molecule has 3 heteroatoms. The van der Waals surface area contributed by atoms with Gasteiger partial charge in [0, 0.05) is 5.69 Å². The molecule has 15 heavy (non-hydrogen) atoms. The smallest absolute Gasteiger partial charge is 0.258 e. The molecular formula is C12H17F2N. The fraction of sp³-hybridized carbons (Fsp3) is 0.500. The van der Waals surface area contributed by atoms with E-state index in [1.54, 1.807) is 0 Å². The quantitative estimate of drug-likeness (QED) is 0.786. The topological polar surface area (TPSA) is 12.0 Å². The van der Waals surface area contributed by atoms with E-state index in [0.29, 0.717) is 0 Å². The summed E-state index contributed by atoms with van der Waals surface area (Å²) in [5.74, 6) is 0. The van der Waals surface area contributed by atoms with Gasteiger partial charge >= 0.3 is 0 Å². The van der Waals surface area contributed by atoms with Crippen LogP contribution in [0.3, 0.4) is 0 Å². The summed E-state index contributed by atoms with van der Waals surface area (Å²) in [6.45, 7) is 3.57. The highest BCUT2D eigenvalue weighted by atomic mass is 19.3. The van der Waals surface area contributed by atoms with Gasteiger partial charge in [0.1, 0.15) is 0 Å². The van der Waals surface area contributed by atoms with Gasteiger partial charge in [-0.25, -0.2) is 8.78 Å². The first kappa shape index (κ1) is 12.0. The molecule has 0 aliphatic carbocycles. The molecule has 0 spiro atoms. The Morgan fingerprint density at radius 1 is 1.27 bits per heavy atom. The van der Waals surface area contributed by atoms with E-state index in [4.69, 9.17) is 0 Å². The lowest BCUT2D eigenvalue weighted by Gasteiger charge is -2.17. The largest absolute Gasteiger partial charge is 0.377 e. The molecule has 0 amide bonds. The molecule has 0 aliphatic rings. The Hall–Kier alpha value is -1.12. The van der Waals surface area contributed by atoms with Crippen molar-refractivity contribution >= 4 is 5.69 Å². The van der Waals surface area contributed by atoms with E-state index >= 15 is 0 Å². The number of hydrogen-bond acceptors (Lipinski definition) is 1. The van der Waals surface area contributed by atoms with Gasteiger partial charge < -0.3 is 5.32 Å². The van der Waals surface area contributed by atoms with Crippen molar-refractivity contribution in [2.75, 3.05) is 5.32 Å². The first-order valence-corrected chi connectivity index (χ1v) is 5.27. The minimum absolute atomic E-state index is 0.803. The van der Waals surface area contributed by atoms with Gasteiger partial charge in [-0.15, -0.1) is 0 Å². The highest BCUT2D eigenvalue weighted by Crippen LogP contribution is 2.19. The number of hydrogen-bond donors (Lipinski definition) is 1. The molecule has 0 aromatic heterocycles. The van der Waals surface area contributed by atoms with Crippen LogP contribution in [0.1, 0.15) is 25.8 Å². The normalized spacial score (nSPS) is 12.9. The number of nitrogens with one attached hydrogen (secondary N) is 1. The van der Waals surface area contributed by atoms with E-state index in [2.05, 4.69) is 12.2 Å². The summed E-state index contributed by atoms with van der Waals surface area (Å²) in [4.78, 5) is 0. The van der Waals surface area contributed by atoms with Gasteiger partial charge in [-0.3, -0.25) is 0 Å². The van der Waals surface area contributed by atoms with Crippen molar-refractivity contribution in [2.45, 2.75) is 39.2 Å². The van der Waals surface area contributed by atoms with Crippen LogP contribution in [0.15, 0.2) is 24.3 Å². The van der Waals surface area contributed by atoms with Crippen LogP contribution in [0.25, 0.3) is 0 Å². The zero-order valence-corrected chi connectivity index (χ0v) is 9.13. The maximum atomic E-state index is 12.4. The molecule has 1 rings (SSSR count). The van der Waals surface area contributed by atoms with Crippen molar-refractivity contribution in [3.05, 3.63) is 29.8 Å². The van der Waals surface area contributed by atoms with Crippen molar-refractivity contribution in [1.29, 1.82) is 0 Å². The third-order valence-corrected chi connectivity index (χ3v) is 2.30. The van der Waals surface area contributed by atoms with E-state index in [-0.39, 0.29) is 0 Å². The molecule has 0 saturated heterocycles. The lowest BCUT2D eigenvalue weighted by atomic mass is 10.1.